The highest BCUT2D eigenvalue weighted by Gasteiger charge is 2.15. The van der Waals surface area contributed by atoms with Crippen molar-refractivity contribution in [3.63, 3.8) is 0 Å². The van der Waals surface area contributed by atoms with Crippen LogP contribution >= 0.6 is 0 Å². The number of carbonyl (C=O) groups excluding carboxylic acids is 1. The number of alkyl carbamates (subject to hydrolysis) is 1. The number of hydrogen-bond donors (Lipinski definition) is 1. The molecular formula is C11H22N2O3. The lowest BCUT2D eigenvalue weighted by atomic mass is 10.2. The van der Waals surface area contributed by atoms with Crippen LogP contribution in [-0.4, -0.2) is 24.8 Å². The minimum Gasteiger partial charge on any atom is -0.444 e. The van der Waals surface area contributed by atoms with Crippen molar-refractivity contribution in [3.05, 3.63) is 4.91 Å². The number of unbranched alkanes of at least 4 members (excludes halogenated alkanes) is 3. The minimum absolute atomic E-state index is 0.373. The van der Waals surface area contributed by atoms with Crippen LogP contribution in [0, 0.1) is 4.91 Å². The van der Waals surface area contributed by atoms with E-state index in [0.29, 0.717) is 13.1 Å². The molecule has 0 heterocycles. The van der Waals surface area contributed by atoms with Crippen LogP contribution in [0.15, 0.2) is 5.18 Å². The van der Waals surface area contributed by atoms with Gasteiger partial charge in [-0.05, 0) is 33.6 Å². The number of nitroso groups, excluding NO2 is 1. The molecule has 5 heteroatoms. The van der Waals surface area contributed by atoms with Crippen LogP contribution in [0.25, 0.3) is 0 Å². The number of nitrogens with one attached hydrogen (secondary N) is 1. The second-order valence-electron chi connectivity index (χ2n) is 4.70. The van der Waals surface area contributed by atoms with Gasteiger partial charge >= 0.3 is 6.09 Å². The predicted octanol–water partition coefficient (Wildman–Crippen LogP) is 2.84. The molecule has 0 aromatic carbocycles. The van der Waals surface area contributed by atoms with Gasteiger partial charge in [0.05, 0.1) is 6.54 Å². The first-order valence-corrected chi connectivity index (χ1v) is 5.71. The summed E-state index contributed by atoms with van der Waals surface area (Å²) in [6.45, 7) is 6.50. The molecule has 0 spiro atoms. The molecule has 0 aliphatic rings. The average molecular weight is 230 g/mol. The highest BCUT2D eigenvalue weighted by atomic mass is 16.6. The molecule has 0 bridgehead atoms. The molecule has 0 aromatic rings. The Labute approximate surface area is 96.9 Å². The first kappa shape index (κ1) is 14.9. The van der Waals surface area contributed by atoms with Crippen molar-refractivity contribution in [3.8, 4) is 0 Å². The van der Waals surface area contributed by atoms with E-state index in [0.717, 1.165) is 25.7 Å². The lowest BCUT2D eigenvalue weighted by Gasteiger charge is -2.19. The summed E-state index contributed by atoms with van der Waals surface area (Å²) >= 11 is 0. The lowest BCUT2D eigenvalue weighted by molar-refractivity contribution is 0.0527. The summed E-state index contributed by atoms with van der Waals surface area (Å²) in [5.41, 5.74) is -0.445. The van der Waals surface area contributed by atoms with Crippen molar-refractivity contribution >= 4 is 6.09 Å². The average Bonchev–Trinajstić information content (AvgIpc) is 2.13. The van der Waals surface area contributed by atoms with Crippen molar-refractivity contribution in [1.29, 1.82) is 0 Å². The van der Waals surface area contributed by atoms with Crippen LogP contribution in [-0.2, 0) is 4.74 Å². The fraction of sp³-hybridized carbons (Fsp3) is 0.909. The quantitative estimate of drug-likeness (QED) is 0.540. The van der Waals surface area contributed by atoms with Gasteiger partial charge in [-0.25, -0.2) is 4.79 Å². The maximum Gasteiger partial charge on any atom is 0.407 e. The van der Waals surface area contributed by atoms with Crippen LogP contribution in [0.1, 0.15) is 46.5 Å². The standard InChI is InChI=1S/C11H22N2O3/c1-11(2,3)16-10(14)12-8-6-4-5-7-9-13-15/h4-9H2,1-3H3,(H,12,14). The Morgan fingerprint density at radius 1 is 1.19 bits per heavy atom. The van der Waals surface area contributed by atoms with Crippen molar-refractivity contribution in [2.45, 2.75) is 52.1 Å². The van der Waals surface area contributed by atoms with Gasteiger partial charge in [-0.2, -0.15) is 4.91 Å². The molecule has 0 rings (SSSR count). The number of carbonyl (C=O) groups is 1. The third-order valence-electron chi connectivity index (χ3n) is 1.84. The summed E-state index contributed by atoms with van der Waals surface area (Å²) in [5.74, 6) is 0. The van der Waals surface area contributed by atoms with Gasteiger partial charge in [0.25, 0.3) is 0 Å². The predicted molar refractivity (Wildman–Crippen MR) is 63.4 cm³/mol. The Morgan fingerprint density at radius 3 is 2.38 bits per heavy atom. The van der Waals surface area contributed by atoms with E-state index in [-0.39, 0.29) is 6.09 Å². The Hall–Kier alpha value is -1.13. The number of hydrogen-bond acceptors (Lipinski definition) is 4. The fourth-order valence-electron chi connectivity index (χ4n) is 1.16. The third kappa shape index (κ3) is 10.9. The molecular weight excluding hydrogens is 208 g/mol. The topological polar surface area (TPSA) is 67.8 Å². The van der Waals surface area contributed by atoms with Crippen LogP contribution < -0.4 is 5.32 Å². The minimum atomic E-state index is -0.445. The molecule has 1 N–H and O–H groups in total. The molecule has 16 heavy (non-hydrogen) atoms. The van der Waals surface area contributed by atoms with Crippen molar-refractivity contribution < 1.29 is 9.53 Å². The van der Waals surface area contributed by atoms with Gasteiger partial charge in [-0.1, -0.05) is 18.0 Å². The summed E-state index contributed by atoms with van der Waals surface area (Å²) in [6, 6.07) is 0. The largest absolute Gasteiger partial charge is 0.444 e. The molecule has 5 nitrogen and oxygen atoms in total. The molecule has 0 aromatic heterocycles. The van der Waals surface area contributed by atoms with E-state index in [1.807, 2.05) is 20.8 Å². The molecule has 1 amide bonds. The van der Waals surface area contributed by atoms with Crippen molar-refractivity contribution in [2.24, 2.45) is 5.18 Å². The first-order chi connectivity index (χ1) is 7.45. The number of amides is 1. The summed E-state index contributed by atoms with van der Waals surface area (Å²) in [6.07, 6.45) is 3.32. The fourth-order valence-corrected chi connectivity index (χ4v) is 1.16. The van der Waals surface area contributed by atoms with E-state index < -0.39 is 5.60 Å². The zero-order valence-corrected chi connectivity index (χ0v) is 10.4. The molecule has 0 saturated carbocycles. The van der Waals surface area contributed by atoms with Gasteiger partial charge < -0.3 is 10.1 Å². The highest BCUT2D eigenvalue weighted by molar-refractivity contribution is 5.67. The molecule has 0 unspecified atom stereocenters. The molecule has 0 aliphatic heterocycles. The van der Waals surface area contributed by atoms with Gasteiger partial charge in [-0.15, -0.1) is 0 Å². The first-order valence-electron chi connectivity index (χ1n) is 5.71. The zero-order valence-electron chi connectivity index (χ0n) is 10.4. The summed E-state index contributed by atoms with van der Waals surface area (Å²) < 4.78 is 5.08. The molecule has 0 saturated heterocycles. The van der Waals surface area contributed by atoms with Gasteiger partial charge in [0.1, 0.15) is 5.60 Å². The van der Waals surface area contributed by atoms with Gasteiger partial charge in [0, 0.05) is 6.54 Å². The van der Waals surface area contributed by atoms with E-state index >= 15 is 0 Å². The molecule has 0 fully saturated rings. The Bertz CT molecular complexity index is 212. The molecule has 94 valence electrons. The van der Waals surface area contributed by atoms with E-state index in [1.54, 1.807) is 0 Å². The zero-order chi connectivity index (χ0) is 12.4. The van der Waals surface area contributed by atoms with Crippen LogP contribution in [0.5, 0.6) is 0 Å². The smallest absolute Gasteiger partial charge is 0.407 e. The highest BCUT2D eigenvalue weighted by Crippen LogP contribution is 2.06. The number of ether oxygens (including phenoxy) is 1. The third-order valence-corrected chi connectivity index (χ3v) is 1.84. The van der Waals surface area contributed by atoms with Crippen LogP contribution in [0.4, 0.5) is 4.79 Å². The maximum atomic E-state index is 11.2. The van der Waals surface area contributed by atoms with E-state index in [9.17, 15) is 9.70 Å². The Kier molecular flexibility index (Phi) is 7.50. The Morgan fingerprint density at radius 2 is 1.81 bits per heavy atom. The van der Waals surface area contributed by atoms with Gasteiger partial charge in [0.2, 0.25) is 0 Å². The van der Waals surface area contributed by atoms with E-state index in [2.05, 4.69) is 10.5 Å². The maximum absolute atomic E-state index is 11.2. The molecule has 0 aliphatic carbocycles. The van der Waals surface area contributed by atoms with Crippen molar-refractivity contribution in [1.82, 2.24) is 5.32 Å². The monoisotopic (exact) mass is 230 g/mol. The van der Waals surface area contributed by atoms with E-state index in [4.69, 9.17) is 4.74 Å². The number of rotatable bonds is 7. The molecule has 0 radical (unpaired) electrons. The van der Waals surface area contributed by atoms with Gasteiger partial charge in [-0.3, -0.25) is 0 Å². The Balaban J connectivity index is 3.31. The SMILES string of the molecule is CC(C)(C)OC(=O)NCCCCCCN=O. The summed E-state index contributed by atoms with van der Waals surface area (Å²) in [5, 5.41) is 5.47. The second kappa shape index (κ2) is 8.07. The van der Waals surface area contributed by atoms with E-state index in [1.165, 1.54) is 0 Å². The summed E-state index contributed by atoms with van der Waals surface area (Å²) in [4.78, 5) is 21.0. The van der Waals surface area contributed by atoms with Crippen LogP contribution in [0.3, 0.4) is 0 Å². The number of nitrogens with zero attached hydrogens (tertiary/aromatic N) is 1. The van der Waals surface area contributed by atoms with Gasteiger partial charge in [0.15, 0.2) is 0 Å². The molecule has 0 atom stereocenters. The normalized spacial score (nSPS) is 10.9. The van der Waals surface area contributed by atoms with Crippen LogP contribution in [0.2, 0.25) is 0 Å². The lowest BCUT2D eigenvalue weighted by Crippen LogP contribution is -2.32. The second-order valence-corrected chi connectivity index (χ2v) is 4.70. The van der Waals surface area contributed by atoms with Crippen molar-refractivity contribution in [2.75, 3.05) is 13.1 Å². The summed E-state index contributed by atoms with van der Waals surface area (Å²) in [7, 11) is 0.